The highest BCUT2D eigenvalue weighted by atomic mass is 16.5. The molecule has 0 radical (unpaired) electrons. The van der Waals surface area contributed by atoms with E-state index >= 15 is 0 Å². The molecule has 0 aromatic heterocycles. The molecule has 0 heterocycles. The maximum Gasteiger partial charge on any atom is 0.119 e. The molecule has 2 rings (SSSR count). The Bertz CT molecular complexity index is 320. The van der Waals surface area contributed by atoms with Crippen LogP contribution in [0.2, 0.25) is 0 Å². The highest BCUT2D eigenvalue weighted by molar-refractivity contribution is 5.28. The number of hydrogen-bond donors (Lipinski definition) is 1. The molecule has 82 valence electrons. The maximum atomic E-state index is 5.80. The Kier molecular flexibility index (Phi) is 3.27. The van der Waals surface area contributed by atoms with Crippen molar-refractivity contribution in [3.63, 3.8) is 0 Å². The van der Waals surface area contributed by atoms with E-state index in [1.54, 1.807) is 7.11 Å². The van der Waals surface area contributed by atoms with Crippen molar-refractivity contribution in [2.75, 3.05) is 13.7 Å². The zero-order valence-electron chi connectivity index (χ0n) is 9.28. The Labute approximate surface area is 91.4 Å². The van der Waals surface area contributed by atoms with Gasteiger partial charge in [0.2, 0.25) is 0 Å². The molecule has 1 unspecified atom stereocenters. The smallest absolute Gasteiger partial charge is 0.119 e. The van der Waals surface area contributed by atoms with Crippen LogP contribution in [0.5, 0.6) is 5.75 Å². The third-order valence-corrected chi connectivity index (χ3v) is 3.22. The van der Waals surface area contributed by atoms with Crippen molar-refractivity contribution < 1.29 is 4.74 Å². The minimum atomic E-state index is 0.664. The van der Waals surface area contributed by atoms with Gasteiger partial charge in [0, 0.05) is 0 Å². The summed E-state index contributed by atoms with van der Waals surface area (Å²) >= 11 is 0. The summed E-state index contributed by atoms with van der Waals surface area (Å²) in [5.41, 5.74) is 7.15. The average molecular weight is 205 g/mol. The van der Waals surface area contributed by atoms with Gasteiger partial charge in [-0.25, -0.2) is 0 Å². The SMILES string of the molecule is COc1cccc(CC(CN)C2CC2)c1. The van der Waals surface area contributed by atoms with Crippen LogP contribution in [0.15, 0.2) is 24.3 Å². The summed E-state index contributed by atoms with van der Waals surface area (Å²) in [5.74, 6) is 2.48. The second kappa shape index (κ2) is 4.67. The molecule has 15 heavy (non-hydrogen) atoms. The zero-order valence-corrected chi connectivity index (χ0v) is 9.28. The van der Waals surface area contributed by atoms with Crippen molar-refractivity contribution >= 4 is 0 Å². The third-order valence-electron chi connectivity index (χ3n) is 3.22. The Balaban J connectivity index is 2.01. The van der Waals surface area contributed by atoms with Crippen molar-refractivity contribution in [3.05, 3.63) is 29.8 Å². The highest BCUT2D eigenvalue weighted by Gasteiger charge is 2.29. The van der Waals surface area contributed by atoms with Crippen LogP contribution in [0.25, 0.3) is 0 Å². The van der Waals surface area contributed by atoms with Gasteiger partial charge in [-0.3, -0.25) is 0 Å². The molecule has 0 saturated heterocycles. The number of benzene rings is 1. The van der Waals surface area contributed by atoms with Crippen LogP contribution in [0.4, 0.5) is 0 Å². The Hall–Kier alpha value is -1.02. The lowest BCUT2D eigenvalue weighted by atomic mass is 9.95. The highest BCUT2D eigenvalue weighted by Crippen LogP contribution is 2.38. The summed E-state index contributed by atoms with van der Waals surface area (Å²) in [5, 5.41) is 0. The van der Waals surface area contributed by atoms with Crippen molar-refractivity contribution in [1.82, 2.24) is 0 Å². The molecule has 1 saturated carbocycles. The molecule has 2 heteroatoms. The predicted octanol–water partition coefficient (Wildman–Crippen LogP) is 2.22. The van der Waals surface area contributed by atoms with Gasteiger partial charge < -0.3 is 10.5 Å². The van der Waals surface area contributed by atoms with Crippen LogP contribution in [0.1, 0.15) is 18.4 Å². The first-order valence-electron chi connectivity index (χ1n) is 5.66. The quantitative estimate of drug-likeness (QED) is 0.800. The summed E-state index contributed by atoms with van der Waals surface area (Å²) in [6, 6.07) is 8.31. The van der Waals surface area contributed by atoms with E-state index in [0.29, 0.717) is 5.92 Å². The Morgan fingerprint density at radius 1 is 1.47 bits per heavy atom. The number of rotatable bonds is 5. The van der Waals surface area contributed by atoms with Gasteiger partial charge in [0.25, 0.3) is 0 Å². The Morgan fingerprint density at radius 2 is 2.27 bits per heavy atom. The summed E-state index contributed by atoms with van der Waals surface area (Å²) < 4.78 is 5.21. The largest absolute Gasteiger partial charge is 0.497 e. The third kappa shape index (κ3) is 2.72. The topological polar surface area (TPSA) is 35.2 Å². The van der Waals surface area contributed by atoms with E-state index in [9.17, 15) is 0 Å². The first-order valence-corrected chi connectivity index (χ1v) is 5.66. The minimum Gasteiger partial charge on any atom is -0.497 e. The van der Waals surface area contributed by atoms with Crippen molar-refractivity contribution in [2.24, 2.45) is 17.6 Å². The molecular formula is C13H19NO. The molecule has 0 amide bonds. The lowest BCUT2D eigenvalue weighted by Gasteiger charge is -2.13. The van der Waals surface area contributed by atoms with Gasteiger partial charge in [0.1, 0.15) is 5.75 Å². The number of ether oxygens (including phenoxy) is 1. The van der Waals surface area contributed by atoms with Crippen molar-refractivity contribution in [2.45, 2.75) is 19.3 Å². The molecule has 1 aliphatic carbocycles. The van der Waals surface area contributed by atoms with E-state index in [0.717, 1.165) is 24.6 Å². The van der Waals surface area contributed by atoms with Crippen LogP contribution in [0, 0.1) is 11.8 Å². The number of hydrogen-bond acceptors (Lipinski definition) is 2. The fourth-order valence-electron chi connectivity index (χ4n) is 2.11. The fraction of sp³-hybridized carbons (Fsp3) is 0.538. The number of methoxy groups -OCH3 is 1. The van der Waals surface area contributed by atoms with Crippen molar-refractivity contribution in [1.29, 1.82) is 0 Å². The van der Waals surface area contributed by atoms with E-state index < -0.39 is 0 Å². The van der Waals surface area contributed by atoms with E-state index in [2.05, 4.69) is 18.2 Å². The molecule has 1 aromatic rings. The molecular weight excluding hydrogens is 186 g/mol. The molecule has 1 aromatic carbocycles. The van der Waals surface area contributed by atoms with Gasteiger partial charge in [-0.15, -0.1) is 0 Å². The lowest BCUT2D eigenvalue weighted by molar-refractivity contribution is 0.412. The first kappa shape index (κ1) is 10.5. The molecule has 0 bridgehead atoms. The molecule has 0 spiro atoms. The van der Waals surface area contributed by atoms with Crippen molar-refractivity contribution in [3.8, 4) is 5.75 Å². The molecule has 2 N–H and O–H groups in total. The lowest BCUT2D eigenvalue weighted by Crippen LogP contribution is -2.18. The monoisotopic (exact) mass is 205 g/mol. The van der Waals surface area contributed by atoms with Gasteiger partial charge in [-0.05, 0) is 55.3 Å². The van der Waals surface area contributed by atoms with E-state index in [4.69, 9.17) is 10.5 Å². The van der Waals surface area contributed by atoms with Gasteiger partial charge in [-0.2, -0.15) is 0 Å². The van der Waals surface area contributed by atoms with Crippen LogP contribution < -0.4 is 10.5 Å². The minimum absolute atomic E-state index is 0.664. The standard InChI is InChI=1S/C13H19NO/c1-15-13-4-2-3-10(8-13)7-12(9-14)11-5-6-11/h2-4,8,11-12H,5-7,9,14H2,1H3. The van der Waals surface area contributed by atoms with E-state index in [-0.39, 0.29) is 0 Å². The molecule has 1 atom stereocenters. The molecule has 1 fully saturated rings. The van der Waals surface area contributed by atoms with Gasteiger partial charge in [0.05, 0.1) is 7.11 Å². The molecule has 0 aliphatic heterocycles. The summed E-state index contributed by atoms with van der Waals surface area (Å²) in [6.07, 6.45) is 3.83. The number of nitrogens with two attached hydrogens (primary N) is 1. The zero-order chi connectivity index (χ0) is 10.7. The predicted molar refractivity (Wildman–Crippen MR) is 62.0 cm³/mol. The Morgan fingerprint density at radius 3 is 2.87 bits per heavy atom. The summed E-state index contributed by atoms with van der Waals surface area (Å²) in [6.45, 7) is 0.807. The van der Waals surface area contributed by atoms with Gasteiger partial charge in [-0.1, -0.05) is 12.1 Å². The average Bonchev–Trinajstić information content (AvgIpc) is 3.10. The van der Waals surface area contributed by atoms with E-state index in [1.165, 1.54) is 18.4 Å². The molecule has 1 aliphatic rings. The summed E-state index contributed by atoms with van der Waals surface area (Å²) in [7, 11) is 1.71. The molecule has 2 nitrogen and oxygen atoms in total. The normalized spacial score (nSPS) is 17.5. The van der Waals surface area contributed by atoms with Crippen LogP contribution in [-0.2, 0) is 6.42 Å². The second-order valence-corrected chi connectivity index (χ2v) is 4.39. The first-order chi connectivity index (χ1) is 7.33. The van der Waals surface area contributed by atoms with Crippen LogP contribution in [-0.4, -0.2) is 13.7 Å². The second-order valence-electron chi connectivity index (χ2n) is 4.39. The van der Waals surface area contributed by atoms with Crippen LogP contribution >= 0.6 is 0 Å². The van der Waals surface area contributed by atoms with Gasteiger partial charge >= 0.3 is 0 Å². The fourth-order valence-corrected chi connectivity index (χ4v) is 2.11. The van der Waals surface area contributed by atoms with Crippen LogP contribution in [0.3, 0.4) is 0 Å². The van der Waals surface area contributed by atoms with Gasteiger partial charge in [0.15, 0.2) is 0 Å². The summed E-state index contributed by atoms with van der Waals surface area (Å²) in [4.78, 5) is 0. The van der Waals surface area contributed by atoms with E-state index in [1.807, 2.05) is 6.07 Å². The maximum absolute atomic E-state index is 5.80.